The van der Waals surface area contributed by atoms with E-state index in [-0.39, 0.29) is 24.8 Å². The summed E-state index contributed by atoms with van der Waals surface area (Å²) >= 11 is 1.84. The molecule has 6 nitrogen and oxygen atoms in total. The first kappa shape index (κ1) is 16.8. The van der Waals surface area contributed by atoms with Gasteiger partial charge >= 0.3 is 12.0 Å². The van der Waals surface area contributed by atoms with Crippen molar-refractivity contribution in [3.8, 4) is 0 Å². The van der Waals surface area contributed by atoms with Gasteiger partial charge in [0.1, 0.15) is 0 Å². The number of nitrogens with one attached hydrogen (secondary N) is 1. The Hall–Kier alpha value is -1.24. The summed E-state index contributed by atoms with van der Waals surface area (Å²) in [5.41, 5.74) is 0. The highest BCUT2D eigenvalue weighted by molar-refractivity contribution is 8.00. The van der Waals surface area contributed by atoms with Gasteiger partial charge in [-0.15, -0.1) is 0 Å². The summed E-state index contributed by atoms with van der Waals surface area (Å²) in [5.74, 6) is -1.20. The van der Waals surface area contributed by atoms with Crippen LogP contribution in [0.5, 0.6) is 0 Å². The van der Waals surface area contributed by atoms with Gasteiger partial charge in [-0.1, -0.05) is 13.8 Å². The minimum absolute atomic E-state index is 0.0552. The fourth-order valence-corrected chi connectivity index (χ4v) is 3.49. The van der Waals surface area contributed by atoms with E-state index < -0.39 is 5.97 Å². The summed E-state index contributed by atoms with van der Waals surface area (Å²) in [4.78, 5) is 35.5. The molecule has 0 aromatic rings. The lowest BCUT2D eigenvalue weighted by Crippen LogP contribution is -2.50. The van der Waals surface area contributed by atoms with Gasteiger partial charge in [0.25, 0.3) is 0 Å². The molecule has 20 heavy (non-hydrogen) atoms. The molecule has 3 amide bonds. The van der Waals surface area contributed by atoms with Gasteiger partial charge in [-0.25, -0.2) is 4.79 Å². The normalized spacial score (nSPS) is 22.4. The maximum Gasteiger partial charge on any atom is 0.324 e. The average molecular weight is 302 g/mol. The number of aliphatic carboxylic acids is 1. The summed E-state index contributed by atoms with van der Waals surface area (Å²) in [7, 11) is 0. The Labute approximate surface area is 123 Å². The minimum atomic E-state index is -0.865. The molecule has 114 valence electrons. The van der Waals surface area contributed by atoms with Crippen LogP contribution in [-0.2, 0) is 9.59 Å². The molecular weight excluding hydrogens is 280 g/mol. The predicted octanol–water partition coefficient (Wildman–Crippen LogP) is 1.69. The first-order valence-corrected chi connectivity index (χ1v) is 7.78. The highest BCUT2D eigenvalue weighted by Crippen LogP contribution is 2.24. The number of urea groups is 1. The van der Waals surface area contributed by atoms with Crippen LogP contribution in [0.2, 0.25) is 0 Å². The first-order valence-electron chi connectivity index (χ1n) is 6.84. The Kier molecular flexibility index (Phi) is 6.84. The number of thioether (sulfide) groups is 1. The van der Waals surface area contributed by atoms with Crippen LogP contribution in [0.1, 0.15) is 39.5 Å². The number of amides is 3. The number of carboxylic acid groups (broad SMARTS) is 1. The Bertz CT molecular complexity index is 365. The molecule has 1 rings (SSSR count). The fraction of sp³-hybridized carbons (Fsp3) is 0.769. The van der Waals surface area contributed by atoms with Crippen molar-refractivity contribution >= 4 is 29.7 Å². The van der Waals surface area contributed by atoms with E-state index in [9.17, 15) is 14.4 Å². The standard InChI is InChI=1S/C13H22N2O4S/c1-9-7-15(8-10(2)20-9)13(19)14-11(16)5-3-4-6-12(17)18/h9-10H,3-8H2,1-2H3,(H,17,18)(H,14,16,19). The summed E-state index contributed by atoms with van der Waals surface area (Å²) < 4.78 is 0. The number of imide groups is 1. The zero-order valence-electron chi connectivity index (χ0n) is 11.9. The van der Waals surface area contributed by atoms with Crippen LogP contribution in [-0.4, -0.2) is 51.5 Å². The van der Waals surface area contributed by atoms with Crippen LogP contribution in [0, 0.1) is 0 Å². The third-order valence-corrected chi connectivity index (χ3v) is 4.23. The number of carboxylic acids is 1. The number of hydrogen-bond donors (Lipinski definition) is 2. The van der Waals surface area contributed by atoms with Crippen molar-refractivity contribution in [2.24, 2.45) is 0 Å². The molecule has 0 saturated carbocycles. The summed E-state index contributed by atoms with van der Waals surface area (Å²) in [6.07, 6.45) is 1.17. The molecule has 2 atom stereocenters. The third-order valence-electron chi connectivity index (χ3n) is 3.00. The molecule has 0 aromatic carbocycles. The van der Waals surface area contributed by atoms with Crippen LogP contribution in [0.3, 0.4) is 0 Å². The highest BCUT2D eigenvalue weighted by atomic mass is 32.2. The van der Waals surface area contributed by atoms with Crippen molar-refractivity contribution in [3.63, 3.8) is 0 Å². The molecular formula is C13H22N2O4S. The van der Waals surface area contributed by atoms with Crippen LogP contribution in [0.25, 0.3) is 0 Å². The summed E-state index contributed by atoms with van der Waals surface area (Å²) in [6.45, 7) is 5.42. The maximum absolute atomic E-state index is 11.9. The number of nitrogens with zero attached hydrogens (tertiary/aromatic N) is 1. The lowest BCUT2D eigenvalue weighted by Gasteiger charge is -2.34. The van der Waals surface area contributed by atoms with E-state index in [1.807, 2.05) is 11.8 Å². The molecule has 0 spiro atoms. The minimum Gasteiger partial charge on any atom is -0.481 e. The zero-order valence-corrected chi connectivity index (χ0v) is 12.7. The van der Waals surface area contributed by atoms with Gasteiger partial charge in [0, 0.05) is 36.4 Å². The maximum atomic E-state index is 11.9. The van der Waals surface area contributed by atoms with E-state index in [1.54, 1.807) is 4.90 Å². The smallest absolute Gasteiger partial charge is 0.324 e. The molecule has 1 fully saturated rings. The van der Waals surface area contributed by atoms with Crippen molar-refractivity contribution in [2.75, 3.05) is 13.1 Å². The van der Waals surface area contributed by atoms with Gasteiger partial charge in [-0.2, -0.15) is 11.8 Å². The van der Waals surface area contributed by atoms with Crippen molar-refractivity contribution < 1.29 is 19.5 Å². The zero-order chi connectivity index (χ0) is 15.1. The van der Waals surface area contributed by atoms with Crippen LogP contribution >= 0.6 is 11.8 Å². The SMILES string of the molecule is CC1CN(C(=O)NC(=O)CCCCC(=O)O)CC(C)S1. The molecule has 1 aliphatic rings. The molecule has 2 N–H and O–H groups in total. The van der Waals surface area contributed by atoms with Crippen LogP contribution in [0.4, 0.5) is 4.79 Å². The Morgan fingerprint density at radius 2 is 1.70 bits per heavy atom. The van der Waals surface area contributed by atoms with Crippen molar-refractivity contribution in [3.05, 3.63) is 0 Å². The second-order valence-electron chi connectivity index (χ2n) is 5.12. The van der Waals surface area contributed by atoms with Gasteiger partial charge in [-0.05, 0) is 12.8 Å². The van der Waals surface area contributed by atoms with E-state index in [2.05, 4.69) is 19.2 Å². The van der Waals surface area contributed by atoms with Gasteiger partial charge in [0.05, 0.1) is 0 Å². The van der Waals surface area contributed by atoms with Crippen LogP contribution < -0.4 is 5.32 Å². The monoisotopic (exact) mass is 302 g/mol. The molecule has 0 aromatic heterocycles. The molecule has 1 heterocycles. The Balaban J connectivity index is 2.27. The Morgan fingerprint density at radius 3 is 2.25 bits per heavy atom. The van der Waals surface area contributed by atoms with E-state index in [0.717, 1.165) is 0 Å². The second-order valence-corrected chi connectivity index (χ2v) is 7.00. The third kappa shape index (κ3) is 6.27. The molecule has 0 radical (unpaired) electrons. The highest BCUT2D eigenvalue weighted by Gasteiger charge is 2.26. The lowest BCUT2D eigenvalue weighted by atomic mass is 10.2. The number of rotatable bonds is 5. The van der Waals surface area contributed by atoms with Gasteiger partial charge in [0.2, 0.25) is 5.91 Å². The molecule has 1 aliphatic heterocycles. The number of hydrogen-bond acceptors (Lipinski definition) is 4. The fourth-order valence-electron chi connectivity index (χ4n) is 2.17. The van der Waals surface area contributed by atoms with Gasteiger partial charge in [-0.3, -0.25) is 14.9 Å². The second kappa shape index (κ2) is 8.14. The van der Waals surface area contributed by atoms with E-state index in [0.29, 0.717) is 36.4 Å². The van der Waals surface area contributed by atoms with E-state index >= 15 is 0 Å². The molecule has 7 heteroatoms. The van der Waals surface area contributed by atoms with Crippen molar-refractivity contribution in [1.82, 2.24) is 10.2 Å². The molecule has 1 saturated heterocycles. The summed E-state index contributed by atoms with van der Waals surface area (Å²) in [6, 6.07) is -0.341. The van der Waals surface area contributed by atoms with Gasteiger partial charge in [0.15, 0.2) is 0 Å². The van der Waals surface area contributed by atoms with Crippen molar-refractivity contribution in [2.45, 2.75) is 50.0 Å². The summed E-state index contributed by atoms with van der Waals surface area (Å²) in [5, 5.41) is 11.6. The predicted molar refractivity (Wildman–Crippen MR) is 77.7 cm³/mol. The van der Waals surface area contributed by atoms with E-state index in [1.165, 1.54) is 0 Å². The molecule has 2 unspecified atom stereocenters. The van der Waals surface area contributed by atoms with E-state index in [4.69, 9.17) is 5.11 Å². The lowest BCUT2D eigenvalue weighted by molar-refractivity contribution is -0.137. The Morgan fingerprint density at radius 1 is 1.15 bits per heavy atom. The first-order chi connectivity index (χ1) is 9.38. The quantitative estimate of drug-likeness (QED) is 0.755. The molecule has 0 bridgehead atoms. The topological polar surface area (TPSA) is 86.7 Å². The largest absolute Gasteiger partial charge is 0.481 e. The number of unbranched alkanes of at least 4 members (excludes halogenated alkanes) is 1. The van der Waals surface area contributed by atoms with Gasteiger partial charge < -0.3 is 10.0 Å². The average Bonchev–Trinajstić information content (AvgIpc) is 2.33. The molecule has 0 aliphatic carbocycles. The number of carbonyl (C=O) groups is 3. The van der Waals surface area contributed by atoms with Crippen LogP contribution in [0.15, 0.2) is 0 Å². The van der Waals surface area contributed by atoms with Crippen molar-refractivity contribution in [1.29, 1.82) is 0 Å². The number of carbonyl (C=O) groups excluding carboxylic acids is 2.